The second-order valence-corrected chi connectivity index (χ2v) is 15.9. The first kappa shape index (κ1) is 26.1. The summed E-state index contributed by atoms with van der Waals surface area (Å²) in [5.74, 6) is -0.161. The summed E-state index contributed by atoms with van der Waals surface area (Å²) in [4.78, 5) is 0. The van der Waals surface area contributed by atoms with E-state index in [-0.39, 0.29) is 5.95 Å². The zero-order valence-electron chi connectivity index (χ0n) is 20.9. The van der Waals surface area contributed by atoms with Crippen LogP contribution in [0.5, 0.6) is 0 Å². The van der Waals surface area contributed by atoms with E-state index in [1.807, 2.05) is 30.3 Å². The number of hydrogen-bond donors (Lipinski definition) is 0. The van der Waals surface area contributed by atoms with Gasteiger partial charge >= 0.3 is 0 Å². The van der Waals surface area contributed by atoms with Crippen LogP contribution in [-0.4, -0.2) is 23.1 Å². The van der Waals surface area contributed by atoms with Crippen molar-refractivity contribution in [1.82, 2.24) is 0 Å². The van der Waals surface area contributed by atoms with Gasteiger partial charge in [0.1, 0.15) is 0 Å². The van der Waals surface area contributed by atoms with Crippen molar-refractivity contribution in [2.75, 3.05) is 6.16 Å². The molecule has 0 N–H and O–H groups in total. The second kappa shape index (κ2) is 12.8. The Balaban J connectivity index is 1.59. The lowest BCUT2D eigenvalue weighted by Crippen LogP contribution is -2.37. The Hall–Kier alpha value is -0.980. The molecule has 3 fully saturated rings. The van der Waals surface area contributed by atoms with E-state index >= 15 is 0 Å². The van der Waals surface area contributed by atoms with E-state index in [4.69, 9.17) is 16.3 Å². The molecule has 4 heteroatoms. The minimum Gasteiger partial charge on any atom is -0.601 e. The van der Waals surface area contributed by atoms with Gasteiger partial charge in [0.25, 0.3) is 0 Å². The highest BCUT2D eigenvalue weighted by Gasteiger charge is 2.56. The van der Waals surface area contributed by atoms with Gasteiger partial charge in [0.2, 0.25) is 0 Å². The smallest absolute Gasteiger partial charge is 0.0801 e. The number of allylic oxidation sites excluding steroid dienone is 1. The number of hydrogen-bond acceptors (Lipinski definition) is 2. The van der Waals surface area contributed by atoms with E-state index in [2.05, 4.69) is 6.58 Å². The third kappa shape index (κ3) is 6.22. The number of halogens is 1. The fourth-order valence-corrected chi connectivity index (χ4v) is 14.6. The summed E-state index contributed by atoms with van der Waals surface area (Å²) >= 11 is 6.05. The van der Waals surface area contributed by atoms with Gasteiger partial charge in [-0.3, -0.25) is 0 Å². The molecule has 1 aromatic rings. The minimum absolute atomic E-state index is 0.161. The van der Waals surface area contributed by atoms with Crippen molar-refractivity contribution in [3.63, 3.8) is 0 Å². The van der Waals surface area contributed by atoms with Crippen molar-refractivity contribution in [3.8, 4) is 0 Å². The van der Waals surface area contributed by atoms with E-state index in [0.29, 0.717) is 5.02 Å². The van der Waals surface area contributed by atoms with Gasteiger partial charge in [0.15, 0.2) is 0 Å². The molecule has 2 nitrogen and oxygen atoms in total. The molecule has 0 bridgehead atoms. The second-order valence-electron chi connectivity index (χ2n) is 10.9. The van der Waals surface area contributed by atoms with Crippen LogP contribution < -0.4 is 5.11 Å². The topological polar surface area (TPSA) is 32.3 Å². The molecule has 3 saturated carbocycles. The van der Waals surface area contributed by atoms with Gasteiger partial charge in [0.05, 0.1) is 29.1 Å². The average molecular weight is 503 g/mol. The van der Waals surface area contributed by atoms with Gasteiger partial charge in [-0.15, -0.1) is 6.58 Å². The van der Waals surface area contributed by atoms with Crippen molar-refractivity contribution in [1.29, 1.82) is 0 Å². The summed E-state index contributed by atoms with van der Waals surface area (Å²) in [5, 5.41) is 13.9. The van der Waals surface area contributed by atoms with Crippen molar-refractivity contribution in [3.05, 3.63) is 59.5 Å². The Kier molecular flexibility index (Phi) is 9.84. The van der Waals surface area contributed by atoms with Crippen molar-refractivity contribution in [2.45, 2.75) is 119 Å². The molecule has 0 spiro atoms. The lowest BCUT2D eigenvalue weighted by molar-refractivity contribution is -0.361. The summed E-state index contributed by atoms with van der Waals surface area (Å²) in [6, 6.07) is 7.53. The van der Waals surface area contributed by atoms with Crippen LogP contribution in [0.4, 0.5) is 0 Å². The van der Waals surface area contributed by atoms with Crippen molar-refractivity contribution in [2.24, 2.45) is 0 Å². The van der Waals surface area contributed by atoms with Gasteiger partial charge in [-0.25, -0.2) is 0 Å². The zero-order valence-corrected chi connectivity index (χ0v) is 22.6. The molecule has 0 aliphatic heterocycles. The van der Waals surface area contributed by atoms with E-state index in [9.17, 15) is 5.11 Å². The maximum absolute atomic E-state index is 13.2. The van der Waals surface area contributed by atoms with Gasteiger partial charge in [-0.1, -0.05) is 49.1 Å². The van der Waals surface area contributed by atoms with Crippen LogP contribution in [-0.2, 0) is 4.74 Å². The lowest BCUT2D eigenvalue weighted by Gasteiger charge is -2.48. The van der Waals surface area contributed by atoms with Crippen molar-refractivity contribution >= 4 is 18.9 Å². The van der Waals surface area contributed by atoms with Gasteiger partial charge in [-0.2, -0.15) is 0 Å². The van der Waals surface area contributed by atoms with Gasteiger partial charge in [-0.05, 0) is 101 Å². The highest BCUT2D eigenvalue weighted by Crippen LogP contribution is 2.77. The highest BCUT2D eigenvalue weighted by molar-refractivity contribution is 7.78. The summed E-state index contributed by atoms with van der Waals surface area (Å²) < 4.78 is 5.95. The van der Waals surface area contributed by atoms with Crippen LogP contribution in [0.25, 0.3) is 0 Å². The van der Waals surface area contributed by atoms with Crippen LogP contribution in [0, 0.1) is 0 Å². The molecular weight excluding hydrogens is 459 g/mol. The summed E-state index contributed by atoms with van der Waals surface area (Å²) in [5.41, 5.74) is 3.56. The molecular formula is C30H44ClO2P. The van der Waals surface area contributed by atoms with E-state index in [1.54, 1.807) is 6.08 Å². The normalized spacial score (nSPS) is 22.9. The third-order valence-corrected chi connectivity index (χ3v) is 15.7. The van der Waals surface area contributed by atoms with Crippen LogP contribution in [0.3, 0.4) is 0 Å². The quantitative estimate of drug-likeness (QED) is 0.192. The molecule has 3 aliphatic rings. The molecule has 1 atom stereocenters. The highest BCUT2D eigenvalue weighted by atomic mass is 35.5. The maximum atomic E-state index is 13.2. The molecule has 0 amide bonds. The van der Waals surface area contributed by atoms with Crippen LogP contribution in [0.15, 0.2) is 48.9 Å². The fourth-order valence-electron chi connectivity index (χ4n) is 7.34. The predicted molar refractivity (Wildman–Crippen MR) is 146 cm³/mol. The van der Waals surface area contributed by atoms with Crippen molar-refractivity contribution < 1.29 is 9.84 Å². The summed E-state index contributed by atoms with van der Waals surface area (Å²) in [6.45, 7) is 3.92. The number of rotatable bonds is 9. The van der Waals surface area contributed by atoms with Crippen LogP contribution in [0.1, 0.15) is 108 Å². The molecule has 0 saturated heterocycles. The zero-order chi connectivity index (χ0) is 23.8. The van der Waals surface area contributed by atoms with E-state index in [0.717, 1.165) is 28.7 Å². The Morgan fingerprint density at radius 1 is 0.853 bits per heavy atom. The first-order valence-corrected chi connectivity index (χ1v) is 16.5. The molecule has 1 unspecified atom stereocenters. The Bertz CT molecular complexity index is 741. The maximum Gasteiger partial charge on any atom is 0.0801 e. The molecule has 1 aromatic carbocycles. The summed E-state index contributed by atoms with van der Waals surface area (Å²) in [6.07, 6.45) is 25.3. The van der Waals surface area contributed by atoms with E-state index < -0.39 is 13.4 Å². The SMILES string of the molecule is C=CC(O/C([O-])=C/C[P+](C1CCCCC1)(C1CCCCC1)C1CCCCC1)c1ccc(Cl)cc1. The Labute approximate surface area is 213 Å². The summed E-state index contributed by atoms with van der Waals surface area (Å²) in [7, 11) is -1.31. The largest absolute Gasteiger partial charge is 0.601 e. The average Bonchev–Trinajstić information content (AvgIpc) is 2.90. The first-order valence-electron chi connectivity index (χ1n) is 13.9. The standard InChI is InChI=1S/C30H44ClO2P/c1-2-29(24-18-20-25(31)21-19-24)33-30(32)22-23-34(26-12-6-3-7-13-26,27-14-8-4-9-15-27)28-16-10-5-11-17-28/h2,18-22,26-29H,1,3-17,23H2/b30-22+. The molecule has 0 radical (unpaired) electrons. The molecule has 4 rings (SSSR count). The van der Waals surface area contributed by atoms with Crippen LogP contribution in [0.2, 0.25) is 5.02 Å². The molecule has 3 aliphatic carbocycles. The molecule has 0 heterocycles. The Morgan fingerprint density at radius 3 is 1.71 bits per heavy atom. The lowest BCUT2D eigenvalue weighted by atomic mass is 9.99. The minimum atomic E-state index is -1.31. The number of benzene rings is 1. The van der Waals surface area contributed by atoms with Crippen LogP contribution >= 0.6 is 18.9 Å². The monoisotopic (exact) mass is 502 g/mol. The predicted octanol–water partition coefficient (Wildman–Crippen LogP) is 8.80. The Morgan fingerprint density at radius 2 is 1.29 bits per heavy atom. The van der Waals surface area contributed by atoms with Gasteiger partial charge < -0.3 is 9.84 Å². The van der Waals surface area contributed by atoms with E-state index in [1.165, 1.54) is 96.3 Å². The molecule has 0 aromatic heterocycles. The molecule has 34 heavy (non-hydrogen) atoms. The number of ether oxygens (including phenoxy) is 1. The third-order valence-electron chi connectivity index (χ3n) is 8.99. The fraction of sp³-hybridized carbons (Fsp3) is 0.667. The molecule has 188 valence electrons. The van der Waals surface area contributed by atoms with Gasteiger partial charge in [0, 0.05) is 18.4 Å². The first-order chi connectivity index (χ1) is 16.6.